The highest BCUT2D eigenvalue weighted by Crippen LogP contribution is 2.45. The lowest BCUT2D eigenvalue weighted by molar-refractivity contribution is -0.345. The van der Waals surface area contributed by atoms with E-state index in [9.17, 15) is 5.53 Å². The summed E-state index contributed by atoms with van der Waals surface area (Å²) in [6.07, 6.45) is 30.1. The summed E-state index contributed by atoms with van der Waals surface area (Å²) in [6.45, 7) is 9.15. The van der Waals surface area contributed by atoms with Gasteiger partial charge in [-0.1, -0.05) is 155 Å². The van der Waals surface area contributed by atoms with Crippen LogP contribution in [0.2, 0.25) is 0 Å². The Kier molecular flexibility index (Phi) is 18.9. The third-order valence-electron chi connectivity index (χ3n) is 9.96. The zero-order valence-electron chi connectivity index (χ0n) is 30.5. The molecule has 2 aromatic carbocycles. The molecule has 0 aromatic heterocycles. The predicted octanol–water partition coefficient (Wildman–Crippen LogP) is 14.6. The summed E-state index contributed by atoms with van der Waals surface area (Å²) in [6, 6.07) is 18.2. The first-order valence-corrected chi connectivity index (χ1v) is 19.8. The Labute approximate surface area is 284 Å². The quantitative estimate of drug-likeness (QED) is 0.0735. The van der Waals surface area contributed by atoms with Crippen LogP contribution in [0.4, 0.5) is 0 Å². The van der Waals surface area contributed by atoms with Gasteiger partial charge in [0.2, 0.25) is 11.4 Å². The lowest BCUT2D eigenvalue weighted by Crippen LogP contribution is -2.03. The molecule has 2 heteroatoms. The summed E-state index contributed by atoms with van der Waals surface area (Å²) in [5, 5.41) is 0. The van der Waals surface area contributed by atoms with Crippen LogP contribution in [-0.2, 0) is 12.8 Å². The fourth-order valence-electron chi connectivity index (χ4n) is 7.19. The molecule has 46 heavy (non-hydrogen) atoms. The van der Waals surface area contributed by atoms with Gasteiger partial charge in [-0.3, -0.25) is 0 Å². The molecule has 0 saturated carbocycles. The van der Waals surface area contributed by atoms with Gasteiger partial charge < -0.3 is 5.53 Å². The van der Waals surface area contributed by atoms with E-state index in [-0.39, 0.29) is 0 Å². The zero-order valence-corrected chi connectivity index (χ0v) is 30.5. The second kappa shape index (κ2) is 22.9. The van der Waals surface area contributed by atoms with Gasteiger partial charge in [0.15, 0.2) is 0 Å². The van der Waals surface area contributed by atoms with E-state index in [1.165, 1.54) is 162 Å². The summed E-state index contributed by atoms with van der Waals surface area (Å²) in [5.74, 6) is 0. The normalized spacial score (nSPS) is 13.4. The predicted molar refractivity (Wildman–Crippen MR) is 202 cm³/mol. The molecule has 1 heterocycles. The average molecular weight is 625 g/mol. The average Bonchev–Trinajstić information content (AvgIpc) is 3.35. The van der Waals surface area contributed by atoms with Crippen LogP contribution in [0.5, 0.6) is 0 Å². The number of nitrogens with zero attached hydrogens (tertiary/aromatic N) is 2. The molecule has 0 bridgehead atoms. The molecule has 1 aliphatic rings. The van der Waals surface area contributed by atoms with Crippen molar-refractivity contribution in [1.29, 1.82) is 0 Å². The van der Waals surface area contributed by atoms with Crippen molar-refractivity contribution in [3.05, 3.63) is 87.5 Å². The Morgan fingerprint density at radius 3 is 1.17 bits per heavy atom. The van der Waals surface area contributed by atoms with Crippen molar-refractivity contribution in [3.8, 4) is 0 Å². The molecule has 0 amide bonds. The number of hydrogen-bond acceptors (Lipinski definition) is 0. The Bertz CT molecular complexity index is 1220. The van der Waals surface area contributed by atoms with E-state index in [0.717, 1.165) is 37.1 Å². The minimum absolute atomic E-state index is 1.05. The SMILES string of the molecule is CCCCCCCCC1=C(c2cccc(CCCC)c2)[N+](=[N-])C(c2cccc(CCCCCCCC)c2)=C1CCCCCCCC. The maximum atomic E-state index is 12.2. The van der Waals surface area contributed by atoms with E-state index in [1.54, 1.807) is 4.70 Å². The summed E-state index contributed by atoms with van der Waals surface area (Å²) >= 11 is 0. The molecule has 2 nitrogen and oxygen atoms in total. The standard InChI is InChI=1S/C44H68N2/c1-5-9-13-16-19-22-28-38-30-26-32-40(36-38)44-42(34-24-21-18-15-11-7-3)41(33-23-20-17-14-10-6-2)43(46(44)45)39-31-25-29-37(35-39)27-12-8-4/h25-26,29-32,35-36H,5-24,27-28,33-34H2,1-4H3. The molecule has 254 valence electrons. The smallest absolute Gasteiger partial charge is 0.211 e. The largest absolute Gasteiger partial charge is 0.493 e. The maximum Gasteiger partial charge on any atom is 0.211 e. The van der Waals surface area contributed by atoms with E-state index in [1.807, 2.05) is 0 Å². The summed E-state index contributed by atoms with van der Waals surface area (Å²) in [5.41, 5.74) is 22.3. The van der Waals surface area contributed by atoms with Gasteiger partial charge in [-0.2, -0.15) is 0 Å². The maximum absolute atomic E-state index is 12.2. The van der Waals surface area contributed by atoms with Crippen LogP contribution in [0.15, 0.2) is 59.7 Å². The van der Waals surface area contributed by atoms with Crippen molar-refractivity contribution < 1.29 is 4.70 Å². The minimum Gasteiger partial charge on any atom is -0.493 e. The second-order valence-electron chi connectivity index (χ2n) is 14.0. The zero-order chi connectivity index (χ0) is 32.8. The Morgan fingerprint density at radius 1 is 0.413 bits per heavy atom. The first-order valence-electron chi connectivity index (χ1n) is 19.8. The Balaban J connectivity index is 1.95. The number of benzene rings is 2. The Morgan fingerprint density at radius 2 is 0.761 bits per heavy atom. The van der Waals surface area contributed by atoms with Crippen LogP contribution in [-0.4, -0.2) is 4.70 Å². The van der Waals surface area contributed by atoms with E-state index >= 15 is 0 Å². The monoisotopic (exact) mass is 625 g/mol. The van der Waals surface area contributed by atoms with Crippen molar-refractivity contribution >= 4 is 11.4 Å². The first kappa shape index (κ1) is 38.0. The van der Waals surface area contributed by atoms with Crippen molar-refractivity contribution in [2.75, 3.05) is 0 Å². The van der Waals surface area contributed by atoms with Crippen LogP contribution in [0.3, 0.4) is 0 Å². The lowest BCUT2D eigenvalue weighted by Gasteiger charge is -2.12. The molecular weight excluding hydrogens is 556 g/mol. The number of unbranched alkanes of at least 4 members (excludes halogenated alkanes) is 16. The topological polar surface area (TPSA) is 25.3 Å². The number of allylic oxidation sites excluding steroid dienone is 2. The van der Waals surface area contributed by atoms with Gasteiger partial charge in [-0.15, -0.1) is 0 Å². The number of hydrogen-bond donors (Lipinski definition) is 0. The minimum atomic E-state index is 1.05. The highest BCUT2D eigenvalue weighted by Gasteiger charge is 2.35. The fraction of sp³-hybridized carbons (Fsp3) is 0.636. The van der Waals surface area contributed by atoms with Crippen LogP contribution < -0.4 is 0 Å². The lowest BCUT2D eigenvalue weighted by atomic mass is 9.90. The molecule has 0 atom stereocenters. The summed E-state index contributed by atoms with van der Waals surface area (Å²) in [4.78, 5) is 0. The molecule has 3 rings (SSSR count). The van der Waals surface area contributed by atoms with Crippen molar-refractivity contribution in [2.45, 2.75) is 182 Å². The van der Waals surface area contributed by atoms with Gasteiger partial charge in [0.1, 0.15) is 0 Å². The molecule has 0 spiro atoms. The van der Waals surface area contributed by atoms with E-state index in [4.69, 9.17) is 0 Å². The number of rotatable bonds is 26. The van der Waals surface area contributed by atoms with Crippen LogP contribution >= 0.6 is 0 Å². The van der Waals surface area contributed by atoms with Gasteiger partial charge in [0.05, 0.1) is 0 Å². The molecular formula is C44H68N2. The Hall–Kier alpha value is -2.48. The molecule has 1 aliphatic heterocycles. The van der Waals surface area contributed by atoms with E-state index < -0.39 is 0 Å². The summed E-state index contributed by atoms with van der Waals surface area (Å²) in [7, 11) is 0. The number of aryl methyl sites for hydroxylation is 2. The van der Waals surface area contributed by atoms with Crippen LogP contribution in [0.1, 0.15) is 191 Å². The first-order chi connectivity index (χ1) is 22.6. The molecule has 0 N–H and O–H groups in total. The summed E-state index contributed by atoms with van der Waals surface area (Å²) < 4.78 is 1.61. The molecule has 0 aliphatic carbocycles. The third-order valence-corrected chi connectivity index (χ3v) is 9.96. The highest BCUT2D eigenvalue weighted by atomic mass is 15.2. The second-order valence-corrected chi connectivity index (χ2v) is 14.0. The van der Waals surface area contributed by atoms with Crippen molar-refractivity contribution in [3.63, 3.8) is 0 Å². The van der Waals surface area contributed by atoms with Crippen molar-refractivity contribution in [2.24, 2.45) is 0 Å². The van der Waals surface area contributed by atoms with Gasteiger partial charge >= 0.3 is 0 Å². The molecule has 0 saturated heterocycles. The van der Waals surface area contributed by atoms with Crippen LogP contribution in [0.25, 0.3) is 16.9 Å². The molecule has 0 unspecified atom stereocenters. The van der Waals surface area contributed by atoms with Gasteiger partial charge in [-0.05, 0) is 86.8 Å². The van der Waals surface area contributed by atoms with Gasteiger partial charge in [0, 0.05) is 22.3 Å². The molecule has 2 aromatic rings. The highest BCUT2D eigenvalue weighted by molar-refractivity contribution is 5.82. The molecule has 0 fully saturated rings. The van der Waals surface area contributed by atoms with Gasteiger partial charge in [0.25, 0.3) is 0 Å². The fourth-order valence-corrected chi connectivity index (χ4v) is 7.19. The molecule has 0 radical (unpaired) electrons. The van der Waals surface area contributed by atoms with Crippen molar-refractivity contribution in [1.82, 2.24) is 0 Å². The van der Waals surface area contributed by atoms with Gasteiger partial charge in [-0.25, -0.2) is 4.70 Å². The van der Waals surface area contributed by atoms with Crippen LogP contribution in [0, 0.1) is 0 Å². The van der Waals surface area contributed by atoms with E-state index in [0.29, 0.717) is 0 Å². The van der Waals surface area contributed by atoms with E-state index in [2.05, 4.69) is 76.2 Å². The third kappa shape index (κ3) is 12.6.